The molecule has 0 saturated heterocycles. The number of benzene rings is 2. The normalized spacial score (nSPS) is 12.6. The standard InChI is InChI=1S/C18H12F4N2O3S/c19-13-5-7-14(8-6-13)27-17-23-15(9-16(24-17)18(20,21)22)12-3-1-11(2-4-12)10-28(25)26/h1-9H,10H2,(H,25,26)/p-1. The second-order valence-electron chi connectivity index (χ2n) is 5.62. The van der Waals surface area contributed by atoms with Gasteiger partial charge in [-0.3, -0.25) is 4.21 Å². The summed E-state index contributed by atoms with van der Waals surface area (Å²) < 4.78 is 79.3. The van der Waals surface area contributed by atoms with Crippen molar-refractivity contribution in [3.63, 3.8) is 0 Å². The van der Waals surface area contributed by atoms with Crippen molar-refractivity contribution in [2.24, 2.45) is 0 Å². The Morgan fingerprint density at radius 2 is 1.64 bits per heavy atom. The van der Waals surface area contributed by atoms with E-state index < -0.39 is 34.8 Å². The third-order valence-electron chi connectivity index (χ3n) is 3.55. The van der Waals surface area contributed by atoms with Crippen molar-refractivity contribution in [3.05, 3.63) is 71.7 Å². The van der Waals surface area contributed by atoms with Gasteiger partial charge in [0.05, 0.1) is 5.69 Å². The molecule has 0 aliphatic rings. The molecule has 0 saturated carbocycles. The fraction of sp³-hybridized carbons (Fsp3) is 0.111. The van der Waals surface area contributed by atoms with Crippen LogP contribution in [0.5, 0.6) is 11.8 Å². The SMILES string of the molecule is O=S([O-])Cc1ccc(-c2cc(C(F)(F)F)nc(Oc3ccc(F)cc3)n2)cc1. The first-order chi connectivity index (χ1) is 13.2. The maximum Gasteiger partial charge on any atom is 0.433 e. The molecule has 2 aromatic carbocycles. The van der Waals surface area contributed by atoms with Crippen molar-refractivity contribution < 1.29 is 31.1 Å². The van der Waals surface area contributed by atoms with Crippen molar-refractivity contribution in [3.8, 4) is 23.0 Å². The van der Waals surface area contributed by atoms with Gasteiger partial charge in [0.25, 0.3) is 0 Å². The van der Waals surface area contributed by atoms with Gasteiger partial charge in [-0.05, 0) is 35.9 Å². The topological polar surface area (TPSA) is 75.1 Å². The van der Waals surface area contributed by atoms with Crippen LogP contribution in [0.2, 0.25) is 0 Å². The maximum atomic E-state index is 13.2. The Balaban J connectivity index is 1.98. The number of ether oxygens (including phenoxy) is 1. The summed E-state index contributed by atoms with van der Waals surface area (Å²) in [5.74, 6) is -0.673. The minimum absolute atomic E-state index is 0.0609. The average Bonchev–Trinajstić information content (AvgIpc) is 2.63. The van der Waals surface area contributed by atoms with E-state index in [4.69, 9.17) is 4.74 Å². The number of hydrogen-bond donors (Lipinski definition) is 0. The molecule has 0 fully saturated rings. The van der Waals surface area contributed by atoms with E-state index in [2.05, 4.69) is 9.97 Å². The van der Waals surface area contributed by atoms with Gasteiger partial charge in [0.15, 0.2) is 5.69 Å². The Morgan fingerprint density at radius 3 is 2.21 bits per heavy atom. The third kappa shape index (κ3) is 5.11. The molecule has 3 aromatic rings. The molecule has 3 rings (SSSR count). The van der Waals surface area contributed by atoms with Crippen molar-refractivity contribution in [2.45, 2.75) is 11.9 Å². The minimum Gasteiger partial charge on any atom is -0.772 e. The molecular formula is C18H11F4N2O3S-. The third-order valence-corrected chi connectivity index (χ3v) is 4.12. The number of aromatic nitrogens is 2. The second kappa shape index (κ2) is 8.03. The van der Waals surface area contributed by atoms with Crippen LogP contribution in [0, 0.1) is 5.82 Å². The number of hydrogen-bond acceptors (Lipinski definition) is 5. The zero-order valence-electron chi connectivity index (χ0n) is 13.9. The van der Waals surface area contributed by atoms with Gasteiger partial charge >= 0.3 is 12.2 Å². The Morgan fingerprint density at radius 1 is 1.00 bits per heavy atom. The molecule has 1 unspecified atom stereocenters. The fourth-order valence-corrected chi connectivity index (χ4v) is 2.74. The molecule has 0 spiro atoms. The quantitative estimate of drug-likeness (QED) is 0.457. The number of rotatable bonds is 5. The predicted octanol–water partition coefficient (Wildman–Crippen LogP) is 4.47. The van der Waals surface area contributed by atoms with Crippen LogP contribution in [-0.4, -0.2) is 18.7 Å². The minimum atomic E-state index is -4.74. The molecule has 0 amide bonds. The van der Waals surface area contributed by atoms with Crippen molar-refractivity contribution in [1.82, 2.24) is 9.97 Å². The lowest BCUT2D eigenvalue weighted by Crippen LogP contribution is -2.10. The van der Waals surface area contributed by atoms with Crippen molar-refractivity contribution in [1.29, 1.82) is 0 Å². The summed E-state index contributed by atoms with van der Waals surface area (Å²) in [6, 6.07) is 10.7. The van der Waals surface area contributed by atoms with Crippen LogP contribution < -0.4 is 4.74 Å². The molecule has 1 aromatic heterocycles. The lowest BCUT2D eigenvalue weighted by Gasteiger charge is -2.12. The van der Waals surface area contributed by atoms with Crippen molar-refractivity contribution >= 4 is 11.1 Å². The molecule has 0 radical (unpaired) electrons. The van der Waals surface area contributed by atoms with E-state index in [1.165, 1.54) is 36.4 Å². The van der Waals surface area contributed by atoms with Gasteiger partial charge in [0, 0.05) is 11.3 Å². The molecule has 0 aliphatic heterocycles. The molecule has 28 heavy (non-hydrogen) atoms. The van der Waals surface area contributed by atoms with E-state index in [0.29, 0.717) is 11.1 Å². The van der Waals surface area contributed by atoms with Crippen LogP contribution in [0.15, 0.2) is 54.6 Å². The smallest absolute Gasteiger partial charge is 0.433 e. The fourth-order valence-electron chi connectivity index (χ4n) is 2.28. The summed E-state index contributed by atoms with van der Waals surface area (Å²) in [4.78, 5) is 7.35. The molecule has 5 nitrogen and oxygen atoms in total. The molecule has 1 heterocycles. The van der Waals surface area contributed by atoms with Crippen LogP contribution in [0.4, 0.5) is 17.6 Å². The van der Waals surface area contributed by atoms with Crippen LogP contribution in [0.3, 0.4) is 0 Å². The molecule has 146 valence electrons. The van der Waals surface area contributed by atoms with Crippen molar-refractivity contribution in [2.75, 3.05) is 0 Å². The lowest BCUT2D eigenvalue weighted by atomic mass is 10.1. The lowest BCUT2D eigenvalue weighted by molar-refractivity contribution is -0.141. The van der Waals surface area contributed by atoms with E-state index in [1.807, 2.05) is 0 Å². The van der Waals surface area contributed by atoms with Gasteiger partial charge in [-0.25, -0.2) is 4.39 Å². The van der Waals surface area contributed by atoms with Crippen LogP contribution in [-0.2, 0) is 23.0 Å². The van der Waals surface area contributed by atoms with E-state index in [0.717, 1.165) is 18.2 Å². The number of alkyl halides is 3. The highest BCUT2D eigenvalue weighted by Crippen LogP contribution is 2.32. The Hall–Kier alpha value is -2.85. The van der Waals surface area contributed by atoms with Gasteiger partial charge in [0.1, 0.15) is 11.6 Å². The Bertz CT molecular complexity index is 993. The first kappa shape index (κ1) is 19.9. The molecule has 0 bridgehead atoms. The van der Waals surface area contributed by atoms with Crippen LogP contribution >= 0.6 is 0 Å². The number of halogens is 4. The predicted molar refractivity (Wildman–Crippen MR) is 91.6 cm³/mol. The summed E-state index contributed by atoms with van der Waals surface area (Å²) >= 11 is -2.28. The average molecular weight is 411 g/mol. The first-order valence-corrected chi connectivity index (χ1v) is 9.00. The Labute approximate surface area is 159 Å². The highest BCUT2D eigenvalue weighted by molar-refractivity contribution is 7.78. The second-order valence-corrected chi connectivity index (χ2v) is 6.52. The molecule has 0 N–H and O–H groups in total. The van der Waals surface area contributed by atoms with Gasteiger partial charge in [-0.2, -0.15) is 23.1 Å². The van der Waals surface area contributed by atoms with Crippen LogP contribution in [0.1, 0.15) is 11.3 Å². The van der Waals surface area contributed by atoms with Gasteiger partial charge in [-0.1, -0.05) is 35.3 Å². The number of nitrogens with zero attached hydrogens (tertiary/aromatic N) is 2. The summed E-state index contributed by atoms with van der Waals surface area (Å²) in [5.41, 5.74) is -0.476. The zero-order valence-corrected chi connectivity index (χ0v) is 14.8. The summed E-state index contributed by atoms with van der Waals surface area (Å²) in [6.07, 6.45) is -4.74. The molecular weight excluding hydrogens is 400 g/mol. The zero-order chi connectivity index (χ0) is 20.3. The van der Waals surface area contributed by atoms with E-state index in [-0.39, 0.29) is 17.2 Å². The Kier molecular flexibility index (Phi) is 5.71. The van der Waals surface area contributed by atoms with Gasteiger partial charge in [0.2, 0.25) is 0 Å². The largest absolute Gasteiger partial charge is 0.772 e. The van der Waals surface area contributed by atoms with Gasteiger partial charge < -0.3 is 9.29 Å². The highest BCUT2D eigenvalue weighted by atomic mass is 32.2. The summed E-state index contributed by atoms with van der Waals surface area (Å²) in [6.45, 7) is 0. The maximum absolute atomic E-state index is 13.2. The molecule has 1 atom stereocenters. The van der Waals surface area contributed by atoms with E-state index in [1.54, 1.807) is 0 Å². The molecule has 10 heteroatoms. The van der Waals surface area contributed by atoms with Gasteiger partial charge in [-0.15, -0.1) is 0 Å². The summed E-state index contributed by atoms with van der Waals surface area (Å²) in [7, 11) is 0. The highest BCUT2D eigenvalue weighted by Gasteiger charge is 2.34. The van der Waals surface area contributed by atoms with E-state index >= 15 is 0 Å². The summed E-state index contributed by atoms with van der Waals surface area (Å²) in [5, 5.41) is 0. The molecule has 0 aliphatic carbocycles. The van der Waals surface area contributed by atoms with E-state index in [9.17, 15) is 26.3 Å². The monoisotopic (exact) mass is 411 g/mol. The first-order valence-electron chi connectivity index (χ1n) is 7.75. The van der Waals surface area contributed by atoms with Crippen LogP contribution in [0.25, 0.3) is 11.3 Å².